The first kappa shape index (κ1) is 21.1. The maximum atomic E-state index is 5.87. The van der Waals surface area contributed by atoms with E-state index in [-0.39, 0.29) is 0 Å². The van der Waals surface area contributed by atoms with Gasteiger partial charge < -0.3 is 14.4 Å². The van der Waals surface area contributed by atoms with Gasteiger partial charge in [-0.15, -0.1) is 23.1 Å². The lowest BCUT2D eigenvalue weighted by atomic mass is 9.90. The van der Waals surface area contributed by atoms with Gasteiger partial charge in [-0.3, -0.25) is 0 Å². The number of para-hydroxylation sites is 1. The van der Waals surface area contributed by atoms with E-state index in [4.69, 9.17) is 19.4 Å². The average Bonchev–Trinajstić information content (AvgIpc) is 3.27. The zero-order chi connectivity index (χ0) is 22.0. The number of ether oxygens (including phenoxy) is 2. The summed E-state index contributed by atoms with van der Waals surface area (Å²) >= 11 is 3.47. The molecule has 4 aromatic rings. The van der Waals surface area contributed by atoms with Crippen LogP contribution in [0.5, 0.6) is 5.75 Å². The number of fused-ring (bicyclic) bond motifs is 5. The van der Waals surface area contributed by atoms with Gasteiger partial charge in [0.2, 0.25) is 0 Å². The van der Waals surface area contributed by atoms with Crippen molar-refractivity contribution in [1.82, 2.24) is 15.0 Å². The molecule has 0 unspecified atom stereocenters. The minimum atomic E-state index is 0.639. The van der Waals surface area contributed by atoms with E-state index in [1.807, 2.05) is 30.3 Å². The number of hydrogen-bond donors (Lipinski definition) is 0. The SMILES string of the molecule is c1ccc(OCCSc2ncnc3c2sc2nc(N4CCOCC4)c4c(c23)CCCC4)cc1. The van der Waals surface area contributed by atoms with Crippen LogP contribution in [0, 0.1) is 0 Å². The van der Waals surface area contributed by atoms with Crippen molar-refractivity contribution in [1.29, 1.82) is 0 Å². The van der Waals surface area contributed by atoms with Gasteiger partial charge in [0.15, 0.2) is 0 Å². The minimum absolute atomic E-state index is 0.639. The van der Waals surface area contributed by atoms with Crippen molar-refractivity contribution in [2.24, 2.45) is 0 Å². The van der Waals surface area contributed by atoms with E-state index in [0.29, 0.717) is 6.61 Å². The minimum Gasteiger partial charge on any atom is -0.493 e. The molecule has 0 radical (unpaired) electrons. The summed E-state index contributed by atoms with van der Waals surface area (Å²) in [5, 5.41) is 2.28. The zero-order valence-electron chi connectivity index (χ0n) is 18.5. The molecule has 0 amide bonds. The summed E-state index contributed by atoms with van der Waals surface area (Å²) in [6, 6.07) is 9.96. The van der Waals surface area contributed by atoms with Crippen LogP contribution in [0.1, 0.15) is 24.0 Å². The molecule has 4 heterocycles. The molecule has 0 N–H and O–H groups in total. The second kappa shape index (κ2) is 9.44. The van der Waals surface area contributed by atoms with Crippen LogP contribution in [-0.4, -0.2) is 53.6 Å². The highest BCUT2D eigenvalue weighted by Gasteiger charge is 2.26. The quantitative estimate of drug-likeness (QED) is 0.216. The molecule has 0 atom stereocenters. The van der Waals surface area contributed by atoms with Crippen LogP contribution in [0.4, 0.5) is 5.82 Å². The van der Waals surface area contributed by atoms with Gasteiger partial charge >= 0.3 is 0 Å². The molecule has 170 valence electrons. The fraction of sp³-hybridized carbons (Fsp3) is 0.400. The van der Waals surface area contributed by atoms with Crippen molar-refractivity contribution in [3.63, 3.8) is 0 Å². The predicted molar refractivity (Wildman–Crippen MR) is 135 cm³/mol. The molecule has 6 rings (SSSR count). The molecule has 1 aliphatic carbocycles. The van der Waals surface area contributed by atoms with Crippen LogP contribution < -0.4 is 9.64 Å². The molecular formula is C25H26N4O2S2. The monoisotopic (exact) mass is 478 g/mol. The Morgan fingerprint density at radius 3 is 2.70 bits per heavy atom. The Morgan fingerprint density at radius 1 is 1.03 bits per heavy atom. The number of benzene rings is 1. The number of anilines is 1. The molecule has 3 aromatic heterocycles. The third kappa shape index (κ3) is 4.16. The van der Waals surface area contributed by atoms with Crippen LogP contribution in [0.3, 0.4) is 0 Å². The third-order valence-electron chi connectivity index (χ3n) is 6.31. The second-order valence-electron chi connectivity index (χ2n) is 8.35. The summed E-state index contributed by atoms with van der Waals surface area (Å²) in [5.74, 6) is 2.91. The van der Waals surface area contributed by atoms with Gasteiger partial charge in [0.25, 0.3) is 0 Å². The summed E-state index contributed by atoms with van der Waals surface area (Å²) in [4.78, 5) is 18.1. The third-order valence-corrected chi connectivity index (χ3v) is 8.47. The summed E-state index contributed by atoms with van der Waals surface area (Å²) in [6.45, 7) is 4.02. The lowest BCUT2D eigenvalue weighted by Gasteiger charge is -2.31. The zero-order valence-corrected chi connectivity index (χ0v) is 20.1. The van der Waals surface area contributed by atoms with E-state index in [9.17, 15) is 0 Å². The number of aryl methyl sites for hydroxylation is 1. The molecule has 1 saturated heterocycles. The second-order valence-corrected chi connectivity index (χ2v) is 10.4. The van der Waals surface area contributed by atoms with Crippen molar-refractivity contribution >= 4 is 49.3 Å². The predicted octanol–water partition coefficient (Wildman–Crippen LogP) is 5.13. The fourth-order valence-electron chi connectivity index (χ4n) is 4.77. The summed E-state index contributed by atoms with van der Waals surface area (Å²) < 4.78 is 12.6. The Kier molecular flexibility index (Phi) is 6.05. The van der Waals surface area contributed by atoms with Crippen molar-refractivity contribution in [2.45, 2.75) is 30.7 Å². The Hall–Kier alpha value is -2.42. The van der Waals surface area contributed by atoms with Gasteiger partial charge in [0.1, 0.15) is 27.8 Å². The summed E-state index contributed by atoms with van der Waals surface area (Å²) in [6.07, 6.45) is 6.38. The van der Waals surface area contributed by atoms with Crippen molar-refractivity contribution in [3.8, 4) is 5.75 Å². The lowest BCUT2D eigenvalue weighted by molar-refractivity contribution is 0.122. The first-order valence-corrected chi connectivity index (χ1v) is 13.4. The number of rotatable bonds is 6. The van der Waals surface area contributed by atoms with Crippen molar-refractivity contribution < 1.29 is 9.47 Å². The van der Waals surface area contributed by atoms with Gasteiger partial charge in [-0.2, -0.15) is 0 Å². The topological polar surface area (TPSA) is 60.4 Å². The number of thiophene rings is 1. The largest absolute Gasteiger partial charge is 0.493 e. The molecule has 8 heteroatoms. The van der Waals surface area contributed by atoms with E-state index in [2.05, 4.69) is 9.88 Å². The smallest absolute Gasteiger partial charge is 0.133 e. The van der Waals surface area contributed by atoms with E-state index in [1.54, 1.807) is 29.4 Å². The first-order valence-electron chi connectivity index (χ1n) is 11.6. The Morgan fingerprint density at radius 2 is 1.85 bits per heavy atom. The van der Waals surface area contributed by atoms with E-state index >= 15 is 0 Å². The summed E-state index contributed by atoms with van der Waals surface area (Å²) in [5.41, 5.74) is 3.95. The van der Waals surface area contributed by atoms with Gasteiger partial charge in [-0.05, 0) is 48.9 Å². The molecule has 0 saturated carbocycles. The normalized spacial score (nSPS) is 16.3. The van der Waals surface area contributed by atoms with Gasteiger partial charge in [0, 0.05) is 24.2 Å². The van der Waals surface area contributed by atoms with Gasteiger partial charge in [-0.25, -0.2) is 15.0 Å². The van der Waals surface area contributed by atoms with Crippen molar-refractivity contribution in [2.75, 3.05) is 43.6 Å². The number of nitrogens with zero attached hydrogens (tertiary/aromatic N) is 4. The summed E-state index contributed by atoms with van der Waals surface area (Å²) in [7, 11) is 0. The molecular weight excluding hydrogens is 452 g/mol. The number of aromatic nitrogens is 3. The first-order chi connectivity index (χ1) is 16.4. The van der Waals surface area contributed by atoms with Gasteiger partial charge in [-0.1, -0.05) is 18.2 Å². The van der Waals surface area contributed by atoms with E-state index in [1.165, 1.54) is 35.2 Å². The standard InChI is InChI=1S/C25H26N4O2S2/c1-2-6-17(7-3-1)31-14-15-32-25-22-21(26-16-27-25)20-18-8-4-5-9-19(18)23(28-24(20)33-22)29-10-12-30-13-11-29/h1-3,6-7,16H,4-5,8-15H2. The number of hydrogen-bond acceptors (Lipinski definition) is 8. The average molecular weight is 479 g/mol. The van der Waals surface area contributed by atoms with E-state index < -0.39 is 0 Å². The maximum Gasteiger partial charge on any atom is 0.133 e. The Labute approximate surface area is 201 Å². The van der Waals surface area contributed by atoms with Crippen LogP contribution in [0.2, 0.25) is 0 Å². The number of pyridine rings is 1. The molecule has 33 heavy (non-hydrogen) atoms. The molecule has 0 bridgehead atoms. The van der Waals surface area contributed by atoms with E-state index in [0.717, 1.165) is 70.7 Å². The number of morpholine rings is 1. The molecule has 6 nitrogen and oxygen atoms in total. The Bertz CT molecular complexity index is 1270. The lowest BCUT2D eigenvalue weighted by Crippen LogP contribution is -2.37. The van der Waals surface area contributed by atoms with Crippen LogP contribution in [0.15, 0.2) is 41.7 Å². The molecule has 2 aliphatic rings. The van der Waals surface area contributed by atoms with Gasteiger partial charge in [0.05, 0.1) is 30.0 Å². The highest BCUT2D eigenvalue weighted by Crippen LogP contribution is 2.43. The molecule has 1 fully saturated rings. The van der Waals surface area contributed by atoms with Crippen LogP contribution in [0.25, 0.3) is 20.4 Å². The highest BCUT2D eigenvalue weighted by atomic mass is 32.2. The fourth-order valence-corrected chi connectivity index (χ4v) is 6.82. The maximum absolute atomic E-state index is 5.87. The van der Waals surface area contributed by atoms with Crippen molar-refractivity contribution in [3.05, 3.63) is 47.8 Å². The molecule has 1 aromatic carbocycles. The van der Waals surface area contributed by atoms with Crippen LogP contribution >= 0.6 is 23.1 Å². The molecule has 1 aliphatic heterocycles. The Balaban J connectivity index is 1.34. The number of thioether (sulfide) groups is 1. The molecule has 0 spiro atoms. The van der Waals surface area contributed by atoms with Crippen LogP contribution in [-0.2, 0) is 17.6 Å². The highest BCUT2D eigenvalue weighted by molar-refractivity contribution is 7.99.